The van der Waals surface area contributed by atoms with Gasteiger partial charge in [-0.15, -0.1) is 0 Å². The van der Waals surface area contributed by atoms with E-state index in [9.17, 15) is 50.4 Å². The Hall–Kier alpha value is -5.36. The van der Waals surface area contributed by atoms with Crippen LogP contribution in [0.3, 0.4) is 0 Å². The van der Waals surface area contributed by atoms with E-state index in [0.717, 1.165) is 24.3 Å². The molecule has 0 fully saturated rings. The maximum Gasteiger partial charge on any atom is 0.345 e. The molecule has 0 bridgehead atoms. The second-order valence-electron chi connectivity index (χ2n) is 8.95. The highest BCUT2D eigenvalue weighted by molar-refractivity contribution is 5.90. The van der Waals surface area contributed by atoms with Crippen molar-refractivity contribution in [1.82, 2.24) is 0 Å². The van der Waals surface area contributed by atoms with E-state index in [1.807, 2.05) is 0 Å². The minimum absolute atomic E-state index is 0.0662. The van der Waals surface area contributed by atoms with Gasteiger partial charge in [0.1, 0.15) is 0 Å². The van der Waals surface area contributed by atoms with Crippen LogP contribution in [0.4, 0.5) is 0 Å². The highest BCUT2D eigenvalue weighted by Gasteiger charge is 2.23. The lowest BCUT2D eigenvalue weighted by Crippen LogP contribution is -2.28. The van der Waals surface area contributed by atoms with Crippen LogP contribution in [0.5, 0.6) is 40.2 Å². The number of benzene rings is 3. The molecule has 1 atom stereocenters. The predicted molar refractivity (Wildman–Crippen MR) is 146 cm³/mol. The summed E-state index contributed by atoms with van der Waals surface area (Å²) in [4.78, 5) is 24.1. The van der Waals surface area contributed by atoms with Crippen molar-refractivity contribution in [2.75, 3.05) is 6.61 Å². The first-order chi connectivity index (χ1) is 19.4. The fourth-order valence-corrected chi connectivity index (χ4v) is 3.86. The fraction of sp³-hybridized carbons (Fsp3) is 0.172. The van der Waals surface area contributed by atoms with Gasteiger partial charge in [0.2, 0.25) is 6.10 Å². The van der Waals surface area contributed by atoms with Crippen LogP contribution in [0.25, 0.3) is 18.2 Å². The Kier molecular flexibility index (Phi) is 9.67. The Bertz CT molecular complexity index is 1480. The average Bonchev–Trinajstić information content (AvgIpc) is 2.91. The van der Waals surface area contributed by atoms with Gasteiger partial charge in [-0.3, -0.25) is 0 Å². The summed E-state index contributed by atoms with van der Waals surface area (Å²) >= 11 is 0. The molecule has 0 saturated heterocycles. The van der Waals surface area contributed by atoms with Gasteiger partial charge in [-0.2, -0.15) is 0 Å². The van der Waals surface area contributed by atoms with Gasteiger partial charge in [0.15, 0.2) is 40.2 Å². The lowest BCUT2D eigenvalue weighted by atomic mass is 9.99. The SMILES string of the molecule is O=C(/C=C/c1cc(O)c(O)cc1/C=C/c1cc(O)c(O)cc1CCCO)O[C@H](Cc1cc(O)c(O)c(O)c1)C(=O)O. The minimum Gasteiger partial charge on any atom is -0.504 e. The standard InChI is InChI=1S/C29H28O12/c30-7-1-2-16-11-20(31)21(32)12-17(16)3-4-18-13-22(33)23(34)14-19(18)5-6-27(37)41-26(29(39)40)10-15-8-24(35)28(38)25(36)9-15/h3-6,8-9,11-14,26,30-36,38H,1-2,7,10H2,(H,39,40)/b4-3+,6-5+/t26-/m1/s1. The van der Waals surface area contributed by atoms with Crippen LogP contribution in [0, 0.1) is 0 Å². The number of carboxylic acid groups (broad SMARTS) is 1. The van der Waals surface area contributed by atoms with Crippen LogP contribution in [-0.2, 0) is 27.2 Å². The summed E-state index contributed by atoms with van der Waals surface area (Å²) in [6.07, 6.45) is 3.78. The molecule has 0 saturated carbocycles. The van der Waals surface area contributed by atoms with E-state index in [0.29, 0.717) is 29.5 Å². The number of aliphatic hydroxyl groups is 1. The fourth-order valence-electron chi connectivity index (χ4n) is 3.86. The van der Waals surface area contributed by atoms with Crippen LogP contribution in [0.15, 0.2) is 42.5 Å². The molecule has 0 aromatic heterocycles. The first-order valence-electron chi connectivity index (χ1n) is 12.1. The molecular weight excluding hydrogens is 540 g/mol. The van der Waals surface area contributed by atoms with Crippen molar-refractivity contribution >= 4 is 30.2 Å². The summed E-state index contributed by atoms with van der Waals surface area (Å²) < 4.78 is 5.00. The molecule has 0 unspecified atom stereocenters. The normalized spacial score (nSPS) is 12.1. The van der Waals surface area contributed by atoms with Crippen LogP contribution in [-0.4, -0.2) is 70.6 Å². The van der Waals surface area contributed by atoms with Crippen molar-refractivity contribution in [3.8, 4) is 40.2 Å². The van der Waals surface area contributed by atoms with Gasteiger partial charge >= 0.3 is 11.9 Å². The summed E-state index contributed by atoms with van der Waals surface area (Å²) in [6, 6.07) is 7.04. The zero-order valence-corrected chi connectivity index (χ0v) is 21.4. The van der Waals surface area contributed by atoms with Crippen LogP contribution in [0.1, 0.15) is 34.2 Å². The highest BCUT2D eigenvalue weighted by atomic mass is 16.6. The van der Waals surface area contributed by atoms with E-state index in [1.54, 1.807) is 6.08 Å². The van der Waals surface area contributed by atoms with E-state index in [2.05, 4.69) is 0 Å². The van der Waals surface area contributed by atoms with Crippen LogP contribution < -0.4 is 0 Å². The number of aromatic hydroxyl groups is 7. The second-order valence-corrected chi connectivity index (χ2v) is 8.95. The molecule has 12 heteroatoms. The molecule has 3 rings (SSSR count). The van der Waals surface area contributed by atoms with Gasteiger partial charge in [-0.1, -0.05) is 12.2 Å². The summed E-state index contributed by atoms with van der Waals surface area (Å²) in [7, 11) is 0. The highest BCUT2D eigenvalue weighted by Crippen LogP contribution is 2.36. The number of carboxylic acids is 1. The Labute approximate surface area is 233 Å². The maximum atomic E-state index is 12.5. The molecular formula is C29H28O12. The maximum absolute atomic E-state index is 12.5. The predicted octanol–water partition coefficient (Wildman–Crippen LogP) is 2.97. The summed E-state index contributed by atoms with van der Waals surface area (Å²) in [5, 5.41) is 87.1. The molecule has 0 amide bonds. The number of phenolic OH excluding ortho intramolecular Hbond substituents is 7. The van der Waals surface area contributed by atoms with E-state index in [-0.39, 0.29) is 29.2 Å². The molecule has 216 valence electrons. The van der Waals surface area contributed by atoms with Crippen molar-refractivity contribution in [3.05, 3.63) is 70.3 Å². The van der Waals surface area contributed by atoms with Gasteiger partial charge in [0.25, 0.3) is 0 Å². The quantitative estimate of drug-likeness (QED) is 0.0704. The zero-order valence-electron chi connectivity index (χ0n) is 21.4. The van der Waals surface area contributed by atoms with Crippen molar-refractivity contribution < 1.29 is 60.3 Å². The monoisotopic (exact) mass is 568 g/mol. The number of carbonyl (C=O) groups excluding carboxylic acids is 1. The third-order valence-electron chi connectivity index (χ3n) is 5.95. The Morgan fingerprint density at radius 3 is 1.78 bits per heavy atom. The number of ether oxygens (including phenoxy) is 1. The topological polar surface area (TPSA) is 225 Å². The van der Waals surface area contributed by atoms with Crippen molar-refractivity contribution in [2.45, 2.75) is 25.4 Å². The third-order valence-corrected chi connectivity index (χ3v) is 5.95. The zero-order chi connectivity index (χ0) is 30.3. The molecule has 9 N–H and O–H groups in total. The largest absolute Gasteiger partial charge is 0.504 e. The molecule has 0 heterocycles. The van der Waals surface area contributed by atoms with Crippen LogP contribution in [0.2, 0.25) is 0 Å². The number of aryl methyl sites for hydroxylation is 1. The molecule has 0 spiro atoms. The number of esters is 1. The summed E-state index contributed by atoms with van der Waals surface area (Å²) in [5.74, 6) is -6.44. The average molecular weight is 569 g/mol. The smallest absolute Gasteiger partial charge is 0.345 e. The van der Waals surface area contributed by atoms with Crippen molar-refractivity contribution in [3.63, 3.8) is 0 Å². The number of carbonyl (C=O) groups is 2. The molecule has 12 nitrogen and oxygen atoms in total. The number of aliphatic carboxylic acids is 1. The third kappa shape index (κ3) is 7.83. The van der Waals surface area contributed by atoms with Gasteiger partial charge in [0, 0.05) is 19.1 Å². The number of rotatable bonds is 11. The van der Waals surface area contributed by atoms with Crippen molar-refractivity contribution in [1.29, 1.82) is 0 Å². The Balaban J connectivity index is 1.85. The summed E-state index contributed by atoms with van der Waals surface area (Å²) in [6.45, 7) is -0.0930. The molecule has 0 aliphatic carbocycles. The summed E-state index contributed by atoms with van der Waals surface area (Å²) in [5.41, 5.74) is 1.69. The number of hydrogen-bond acceptors (Lipinski definition) is 11. The van der Waals surface area contributed by atoms with E-state index in [1.165, 1.54) is 30.4 Å². The van der Waals surface area contributed by atoms with E-state index >= 15 is 0 Å². The Morgan fingerprint density at radius 1 is 0.707 bits per heavy atom. The van der Waals surface area contributed by atoms with E-state index < -0.39 is 53.2 Å². The molecule has 3 aromatic rings. The Morgan fingerprint density at radius 2 is 1.22 bits per heavy atom. The molecule has 0 aliphatic heterocycles. The van der Waals surface area contributed by atoms with Gasteiger partial charge in [0.05, 0.1) is 0 Å². The van der Waals surface area contributed by atoms with E-state index in [4.69, 9.17) is 9.84 Å². The molecule has 0 aliphatic rings. The molecule has 41 heavy (non-hydrogen) atoms. The number of aliphatic hydroxyl groups excluding tert-OH is 1. The second kappa shape index (κ2) is 13.1. The lowest BCUT2D eigenvalue weighted by molar-refractivity contribution is -0.160. The minimum atomic E-state index is -1.72. The number of phenols is 7. The van der Waals surface area contributed by atoms with Gasteiger partial charge in [-0.05, 0) is 83.1 Å². The lowest BCUT2D eigenvalue weighted by Gasteiger charge is -2.13. The van der Waals surface area contributed by atoms with Gasteiger partial charge < -0.3 is 50.7 Å². The first-order valence-corrected chi connectivity index (χ1v) is 12.1. The van der Waals surface area contributed by atoms with Crippen molar-refractivity contribution in [2.24, 2.45) is 0 Å². The molecule has 3 aromatic carbocycles. The van der Waals surface area contributed by atoms with Gasteiger partial charge in [-0.25, -0.2) is 9.59 Å². The molecule has 0 radical (unpaired) electrons. The van der Waals surface area contributed by atoms with Crippen LogP contribution >= 0.6 is 0 Å². The number of hydrogen-bond donors (Lipinski definition) is 9. The first kappa shape index (κ1) is 30.2.